The number of pyridine rings is 1. The van der Waals surface area contributed by atoms with Crippen LogP contribution in [-0.4, -0.2) is 36.7 Å². The van der Waals surface area contributed by atoms with E-state index in [4.69, 9.17) is 9.84 Å². The van der Waals surface area contributed by atoms with Crippen molar-refractivity contribution in [2.45, 2.75) is 42.7 Å². The number of halogens is 1. The highest BCUT2D eigenvalue weighted by Crippen LogP contribution is 2.35. The lowest BCUT2D eigenvalue weighted by molar-refractivity contribution is 0.291. The number of hydrogen-bond donors (Lipinski definition) is 1. The second-order valence-electron chi connectivity index (χ2n) is 6.86. The van der Waals surface area contributed by atoms with Gasteiger partial charge in [-0.3, -0.25) is 9.55 Å². The van der Waals surface area contributed by atoms with E-state index in [1.807, 2.05) is 16.7 Å². The van der Waals surface area contributed by atoms with Gasteiger partial charge >= 0.3 is 0 Å². The van der Waals surface area contributed by atoms with Crippen LogP contribution in [0.3, 0.4) is 0 Å². The molecule has 30 heavy (non-hydrogen) atoms. The largest absolute Gasteiger partial charge is 0.485 e. The molecular weight excluding hydrogens is 403 g/mol. The minimum Gasteiger partial charge on any atom is -0.485 e. The first-order chi connectivity index (χ1) is 14.7. The van der Waals surface area contributed by atoms with Crippen molar-refractivity contribution in [3.8, 4) is 23.3 Å². The number of rotatable bonds is 6. The number of aliphatic hydroxyl groups excluding tert-OH is 1. The van der Waals surface area contributed by atoms with Crippen LogP contribution in [0.5, 0.6) is 5.75 Å². The molecule has 1 aliphatic carbocycles. The second-order valence-corrected chi connectivity index (χ2v) is 8.13. The summed E-state index contributed by atoms with van der Waals surface area (Å²) in [5, 5.41) is 18.8. The van der Waals surface area contributed by atoms with E-state index < -0.39 is 5.82 Å². The highest BCUT2D eigenvalue weighted by Gasteiger charge is 2.22. The average Bonchev–Trinajstić information content (AvgIpc) is 3.42. The maximum Gasteiger partial charge on any atom is 0.196 e. The predicted octanol–water partition coefficient (Wildman–Crippen LogP) is 3.76. The summed E-state index contributed by atoms with van der Waals surface area (Å²) in [6.07, 6.45) is 8.35. The van der Waals surface area contributed by atoms with Crippen molar-refractivity contribution in [2.24, 2.45) is 0 Å². The molecule has 6 nitrogen and oxygen atoms in total. The van der Waals surface area contributed by atoms with Crippen molar-refractivity contribution < 1.29 is 14.2 Å². The molecule has 8 heteroatoms. The average molecular weight is 425 g/mol. The van der Waals surface area contributed by atoms with E-state index >= 15 is 0 Å². The molecule has 0 saturated heterocycles. The van der Waals surface area contributed by atoms with Crippen LogP contribution in [0, 0.1) is 17.7 Å². The molecular formula is C22H21FN4O2S. The minimum atomic E-state index is -0.500. The fourth-order valence-corrected chi connectivity index (χ4v) is 4.61. The van der Waals surface area contributed by atoms with Gasteiger partial charge in [0.25, 0.3) is 0 Å². The van der Waals surface area contributed by atoms with Gasteiger partial charge in [-0.25, -0.2) is 4.39 Å². The molecule has 0 amide bonds. The molecule has 0 spiro atoms. The van der Waals surface area contributed by atoms with Crippen molar-refractivity contribution in [3.05, 3.63) is 59.9 Å². The Bertz CT molecular complexity index is 1060. The molecule has 0 radical (unpaired) electrons. The van der Waals surface area contributed by atoms with Gasteiger partial charge in [-0.05, 0) is 37.1 Å². The van der Waals surface area contributed by atoms with Crippen molar-refractivity contribution in [1.29, 1.82) is 0 Å². The maximum atomic E-state index is 14.2. The van der Waals surface area contributed by atoms with Crippen molar-refractivity contribution in [3.63, 3.8) is 0 Å². The van der Waals surface area contributed by atoms with Crippen LogP contribution in [0.4, 0.5) is 4.39 Å². The fourth-order valence-electron chi connectivity index (χ4n) is 3.34. The minimum absolute atomic E-state index is 0.133. The van der Waals surface area contributed by atoms with Gasteiger partial charge < -0.3 is 9.84 Å². The van der Waals surface area contributed by atoms with Crippen LogP contribution in [0.15, 0.2) is 47.9 Å². The molecule has 0 aliphatic heterocycles. The molecule has 0 atom stereocenters. The highest BCUT2D eigenvalue weighted by molar-refractivity contribution is 7.99. The highest BCUT2D eigenvalue weighted by atomic mass is 32.2. The second kappa shape index (κ2) is 9.74. The quantitative estimate of drug-likeness (QED) is 0.608. The summed E-state index contributed by atoms with van der Waals surface area (Å²) in [7, 11) is 0. The number of aliphatic hydroxyl groups is 1. The molecule has 154 valence electrons. The fraction of sp³-hybridized carbons (Fsp3) is 0.318. The molecule has 1 N–H and O–H groups in total. The molecule has 2 aromatic heterocycles. The lowest BCUT2D eigenvalue weighted by Gasteiger charge is -2.13. The zero-order valence-corrected chi connectivity index (χ0v) is 17.1. The summed E-state index contributed by atoms with van der Waals surface area (Å²) in [6.45, 7) is -0.183. The van der Waals surface area contributed by atoms with Crippen LogP contribution in [0.1, 0.15) is 37.1 Å². The zero-order valence-electron chi connectivity index (χ0n) is 16.3. The first-order valence-corrected chi connectivity index (χ1v) is 10.7. The molecule has 1 aliphatic rings. The van der Waals surface area contributed by atoms with E-state index in [2.05, 4.69) is 27.0 Å². The van der Waals surface area contributed by atoms with Crippen LogP contribution in [0.25, 0.3) is 5.69 Å². The van der Waals surface area contributed by atoms with Crippen molar-refractivity contribution >= 4 is 11.8 Å². The third-order valence-electron chi connectivity index (χ3n) is 4.79. The summed E-state index contributed by atoms with van der Waals surface area (Å²) < 4.78 is 21.9. The Kier molecular flexibility index (Phi) is 6.62. The van der Waals surface area contributed by atoms with E-state index in [1.54, 1.807) is 30.2 Å². The van der Waals surface area contributed by atoms with Crippen LogP contribution in [-0.2, 0) is 6.61 Å². The van der Waals surface area contributed by atoms with E-state index in [0.717, 1.165) is 10.8 Å². The molecule has 3 aromatic rings. The Morgan fingerprint density at radius 1 is 1.23 bits per heavy atom. The topological polar surface area (TPSA) is 73.1 Å². The zero-order chi connectivity index (χ0) is 20.8. The van der Waals surface area contributed by atoms with Gasteiger partial charge in [-0.2, -0.15) is 0 Å². The van der Waals surface area contributed by atoms with E-state index in [9.17, 15) is 4.39 Å². The van der Waals surface area contributed by atoms with Crippen LogP contribution < -0.4 is 4.74 Å². The molecule has 1 fully saturated rings. The molecule has 1 aromatic carbocycles. The number of aromatic nitrogens is 4. The number of ether oxygens (including phenoxy) is 1. The normalized spacial score (nSPS) is 13.8. The van der Waals surface area contributed by atoms with Gasteiger partial charge in [-0.1, -0.05) is 36.4 Å². The summed E-state index contributed by atoms with van der Waals surface area (Å²) in [6, 6.07) is 8.27. The van der Waals surface area contributed by atoms with E-state index in [0.29, 0.717) is 16.8 Å². The SMILES string of the molecule is OCC#Cc1ccc(OCc2nnc(SC3CCCC3)n2-c2cccnc2)cc1F. The number of nitrogens with zero attached hydrogens (tertiary/aromatic N) is 4. The number of hydrogen-bond acceptors (Lipinski definition) is 6. The first kappa shape index (κ1) is 20.4. The summed E-state index contributed by atoms with van der Waals surface area (Å²) >= 11 is 1.74. The van der Waals surface area contributed by atoms with Crippen LogP contribution in [0.2, 0.25) is 0 Å². The Labute approximate surface area is 178 Å². The summed E-state index contributed by atoms with van der Waals surface area (Å²) in [5.74, 6) is 5.49. The Hall–Kier alpha value is -2.89. The first-order valence-electron chi connectivity index (χ1n) is 9.78. The molecule has 4 rings (SSSR count). The Morgan fingerprint density at radius 3 is 2.83 bits per heavy atom. The lowest BCUT2D eigenvalue weighted by Crippen LogP contribution is -2.08. The van der Waals surface area contributed by atoms with Gasteiger partial charge in [0, 0.05) is 17.5 Å². The molecule has 2 heterocycles. The number of benzene rings is 1. The van der Waals surface area contributed by atoms with Gasteiger partial charge in [0.15, 0.2) is 11.0 Å². The van der Waals surface area contributed by atoms with Crippen molar-refractivity contribution in [1.82, 2.24) is 19.7 Å². The van der Waals surface area contributed by atoms with Gasteiger partial charge in [0.05, 0.1) is 17.4 Å². The number of thioether (sulfide) groups is 1. The Morgan fingerprint density at radius 2 is 2.10 bits per heavy atom. The summed E-state index contributed by atoms with van der Waals surface area (Å²) in [4.78, 5) is 4.21. The molecule has 1 saturated carbocycles. The van der Waals surface area contributed by atoms with E-state index in [1.165, 1.54) is 37.8 Å². The Balaban J connectivity index is 1.55. The third-order valence-corrected chi connectivity index (χ3v) is 6.07. The van der Waals surface area contributed by atoms with Gasteiger partial charge in [0.2, 0.25) is 0 Å². The third kappa shape index (κ3) is 4.81. The smallest absolute Gasteiger partial charge is 0.196 e. The predicted molar refractivity (Wildman–Crippen MR) is 112 cm³/mol. The van der Waals surface area contributed by atoms with Crippen LogP contribution >= 0.6 is 11.8 Å². The van der Waals surface area contributed by atoms with Crippen molar-refractivity contribution in [2.75, 3.05) is 6.61 Å². The molecule has 0 unspecified atom stereocenters. The van der Waals surface area contributed by atoms with E-state index in [-0.39, 0.29) is 18.8 Å². The monoisotopic (exact) mass is 424 g/mol. The summed E-state index contributed by atoms with van der Waals surface area (Å²) in [5.41, 5.74) is 1.08. The molecule has 0 bridgehead atoms. The van der Waals surface area contributed by atoms with Gasteiger partial charge in [0.1, 0.15) is 24.8 Å². The lowest BCUT2D eigenvalue weighted by atomic mass is 10.2. The maximum absolute atomic E-state index is 14.2. The van der Waals surface area contributed by atoms with Gasteiger partial charge in [-0.15, -0.1) is 10.2 Å². The standard InChI is InChI=1S/C22H21FN4O2S/c23-20-13-18(10-9-16(20)5-4-12-28)29-15-21-25-26-22(30-19-7-1-2-8-19)27(21)17-6-3-11-24-14-17/h3,6,9-11,13-14,19,28H,1-2,7-8,12,15H2.